The van der Waals surface area contributed by atoms with Gasteiger partial charge in [0, 0.05) is 13.2 Å². The van der Waals surface area contributed by atoms with E-state index in [2.05, 4.69) is 4.99 Å². The Bertz CT molecular complexity index is 162. The number of hydrogen-bond donors (Lipinski definition) is 0. The molecule has 0 heterocycles. The molecule has 5 heteroatoms. The van der Waals surface area contributed by atoms with Gasteiger partial charge < -0.3 is 8.85 Å². The molecule has 0 rings (SSSR count). The van der Waals surface area contributed by atoms with Crippen molar-refractivity contribution < 1.29 is 13.6 Å². The van der Waals surface area contributed by atoms with Crippen molar-refractivity contribution in [3.8, 4) is 0 Å². The van der Waals surface area contributed by atoms with Gasteiger partial charge in [-0.05, 0) is 20.4 Å². The maximum atomic E-state index is 9.88. The third kappa shape index (κ3) is 4.41. The fourth-order valence-corrected chi connectivity index (χ4v) is 2.76. The Morgan fingerprint density at radius 3 is 2.17 bits per heavy atom. The maximum absolute atomic E-state index is 9.88. The average molecular weight is 189 g/mol. The highest BCUT2D eigenvalue weighted by Gasteiger charge is 2.30. The summed E-state index contributed by atoms with van der Waals surface area (Å²) in [6.45, 7) is 6.87. The highest BCUT2D eigenvalue weighted by atomic mass is 28.4. The molecule has 0 aromatic rings. The molecular formula is C7H15NO3Si. The number of rotatable bonds is 6. The van der Waals surface area contributed by atoms with Gasteiger partial charge in [0.05, 0.1) is 6.17 Å². The molecular weight excluding hydrogens is 174 g/mol. The highest BCUT2D eigenvalue weighted by Crippen LogP contribution is 2.06. The zero-order chi connectivity index (χ0) is 9.45. The fourth-order valence-electron chi connectivity index (χ4n) is 0.919. The minimum atomic E-state index is -2.20. The molecule has 0 saturated heterocycles. The van der Waals surface area contributed by atoms with E-state index in [4.69, 9.17) is 8.85 Å². The van der Waals surface area contributed by atoms with Gasteiger partial charge in [0.1, 0.15) is 0 Å². The second kappa shape index (κ2) is 6.08. The number of carbonyl (C=O) groups excluding carboxylic acids is 1. The van der Waals surface area contributed by atoms with Crippen molar-refractivity contribution in [2.24, 2.45) is 4.99 Å². The normalized spacial score (nSPS) is 10.9. The standard InChI is InChI=1S/C7H15NO3Si/c1-4-10-12(3,11-5-2)7-8-6-9/h4-5,7H2,1-3H3. The minimum Gasteiger partial charge on any atom is -0.394 e. The van der Waals surface area contributed by atoms with E-state index in [9.17, 15) is 4.79 Å². The van der Waals surface area contributed by atoms with E-state index in [0.29, 0.717) is 19.4 Å². The van der Waals surface area contributed by atoms with Crippen molar-refractivity contribution in [1.82, 2.24) is 0 Å². The summed E-state index contributed by atoms with van der Waals surface area (Å²) in [6, 6.07) is 0. The molecule has 0 saturated carbocycles. The lowest BCUT2D eigenvalue weighted by atomic mass is 10.9. The topological polar surface area (TPSA) is 47.9 Å². The van der Waals surface area contributed by atoms with Crippen LogP contribution in [0.5, 0.6) is 0 Å². The summed E-state index contributed by atoms with van der Waals surface area (Å²) in [5.74, 6) is 0. The monoisotopic (exact) mass is 189 g/mol. The first-order valence-corrected chi connectivity index (χ1v) is 6.52. The molecule has 0 amide bonds. The number of nitrogens with zero attached hydrogens (tertiary/aromatic N) is 1. The van der Waals surface area contributed by atoms with Gasteiger partial charge in [-0.15, -0.1) is 0 Å². The van der Waals surface area contributed by atoms with Crippen molar-refractivity contribution in [2.75, 3.05) is 19.4 Å². The summed E-state index contributed by atoms with van der Waals surface area (Å²) in [4.78, 5) is 13.4. The first-order valence-electron chi connectivity index (χ1n) is 4.00. The van der Waals surface area contributed by atoms with E-state index in [0.717, 1.165) is 0 Å². The summed E-state index contributed by atoms with van der Waals surface area (Å²) in [7, 11) is -2.20. The molecule has 12 heavy (non-hydrogen) atoms. The van der Waals surface area contributed by atoms with Gasteiger partial charge >= 0.3 is 8.56 Å². The van der Waals surface area contributed by atoms with Crippen LogP contribution in [-0.4, -0.2) is 34.0 Å². The van der Waals surface area contributed by atoms with E-state index >= 15 is 0 Å². The number of isocyanates is 1. The molecule has 0 bridgehead atoms. The van der Waals surface area contributed by atoms with E-state index in [1.807, 2.05) is 20.4 Å². The molecule has 4 nitrogen and oxygen atoms in total. The van der Waals surface area contributed by atoms with E-state index in [1.165, 1.54) is 6.08 Å². The Labute approximate surface area is 73.8 Å². The molecule has 0 aliphatic heterocycles. The van der Waals surface area contributed by atoms with Gasteiger partial charge in [0.15, 0.2) is 0 Å². The molecule has 0 aromatic carbocycles. The number of aliphatic imine (C=N–C) groups is 1. The SMILES string of the molecule is CCO[Si](C)(CN=C=O)OCC. The van der Waals surface area contributed by atoms with Crippen LogP contribution in [0.2, 0.25) is 6.55 Å². The van der Waals surface area contributed by atoms with Crippen LogP contribution in [0.15, 0.2) is 4.99 Å². The summed E-state index contributed by atoms with van der Waals surface area (Å²) in [6.07, 6.45) is 1.82. The fraction of sp³-hybridized carbons (Fsp3) is 0.857. The van der Waals surface area contributed by atoms with Crippen LogP contribution >= 0.6 is 0 Å². The average Bonchev–Trinajstić information content (AvgIpc) is 2.02. The highest BCUT2D eigenvalue weighted by molar-refractivity contribution is 6.66. The molecule has 0 aliphatic rings. The summed E-state index contributed by atoms with van der Waals surface area (Å²) < 4.78 is 10.8. The molecule has 0 unspecified atom stereocenters. The van der Waals surface area contributed by atoms with Crippen LogP contribution in [0.3, 0.4) is 0 Å². The third-order valence-electron chi connectivity index (χ3n) is 1.33. The zero-order valence-electron chi connectivity index (χ0n) is 7.79. The molecule has 0 fully saturated rings. The Morgan fingerprint density at radius 1 is 1.33 bits per heavy atom. The van der Waals surface area contributed by atoms with Gasteiger partial charge in [0.2, 0.25) is 6.08 Å². The largest absolute Gasteiger partial charge is 0.394 e. The Morgan fingerprint density at radius 2 is 1.83 bits per heavy atom. The predicted octanol–water partition coefficient (Wildman–Crippen LogP) is 1.01. The Hall–Kier alpha value is -0.483. The van der Waals surface area contributed by atoms with Crippen molar-refractivity contribution in [2.45, 2.75) is 20.4 Å². The summed E-state index contributed by atoms with van der Waals surface area (Å²) in [5, 5.41) is 0. The van der Waals surface area contributed by atoms with Crippen LogP contribution in [-0.2, 0) is 13.6 Å². The van der Waals surface area contributed by atoms with Crippen molar-refractivity contribution in [1.29, 1.82) is 0 Å². The summed E-state index contributed by atoms with van der Waals surface area (Å²) in [5.41, 5.74) is 0. The van der Waals surface area contributed by atoms with E-state index < -0.39 is 8.56 Å². The Balaban J connectivity index is 4.06. The predicted molar refractivity (Wildman–Crippen MR) is 47.9 cm³/mol. The smallest absolute Gasteiger partial charge is 0.358 e. The van der Waals surface area contributed by atoms with Gasteiger partial charge in [0.25, 0.3) is 0 Å². The van der Waals surface area contributed by atoms with Crippen LogP contribution in [0, 0.1) is 0 Å². The van der Waals surface area contributed by atoms with E-state index in [-0.39, 0.29) is 0 Å². The second-order valence-electron chi connectivity index (χ2n) is 2.41. The zero-order valence-corrected chi connectivity index (χ0v) is 8.79. The van der Waals surface area contributed by atoms with E-state index in [1.54, 1.807) is 0 Å². The molecule has 0 aromatic heterocycles. The first-order chi connectivity index (χ1) is 5.68. The Kier molecular flexibility index (Phi) is 5.83. The quantitative estimate of drug-likeness (QED) is 0.356. The molecule has 0 spiro atoms. The van der Waals surface area contributed by atoms with Crippen molar-refractivity contribution >= 4 is 14.6 Å². The molecule has 0 N–H and O–H groups in total. The second-order valence-corrected chi connectivity index (χ2v) is 5.57. The van der Waals surface area contributed by atoms with Crippen LogP contribution in [0.4, 0.5) is 0 Å². The van der Waals surface area contributed by atoms with Gasteiger partial charge in [-0.3, -0.25) is 0 Å². The molecule has 0 aliphatic carbocycles. The van der Waals surface area contributed by atoms with Crippen molar-refractivity contribution in [3.05, 3.63) is 0 Å². The van der Waals surface area contributed by atoms with Crippen LogP contribution in [0.25, 0.3) is 0 Å². The van der Waals surface area contributed by atoms with Crippen LogP contribution in [0.1, 0.15) is 13.8 Å². The number of hydrogen-bond acceptors (Lipinski definition) is 4. The van der Waals surface area contributed by atoms with Crippen LogP contribution < -0.4 is 0 Å². The first kappa shape index (κ1) is 11.5. The third-order valence-corrected chi connectivity index (χ3v) is 3.86. The van der Waals surface area contributed by atoms with Gasteiger partial charge in [-0.25, -0.2) is 9.79 Å². The lowest BCUT2D eigenvalue weighted by Crippen LogP contribution is -2.42. The lowest BCUT2D eigenvalue weighted by Gasteiger charge is -2.23. The minimum absolute atomic E-state index is 0.332. The van der Waals surface area contributed by atoms with Gasteiger partial charge in [-0.1, -0.05) is 0 Å². The maximum Gasteiger partial charge on any atom is 0.358 e. The van der Waals surface area contributed by atoms with Gasteiger partial charge in [-0.2, -0.15) is 0 Å². The van der Waals surface area contributed by atoms with Crippen molar-refractivity contribution in [3.63, 3.8) is 0 Å². The lowest BCUT2D eigenvalue weighted by molar-refractivity contribution is 0.190. The summed E-state index contributed by atoms with van der Waals surface area (Å²) >= 11 is 0. The molecule has 0 atom stereocenters. The molecule has 0 radical (unpaired) electrons. The molecule has 70 valence electrons.